The summed E-state index contributed by atoms with van der Waals surface area (Å²) in [7, 11) is 0. The predicted octanol–water partition coefficient (Wildman–Crippen LogP) is 4.57. The Kier molecular flexibility index (Phi) is 10.2. The molecule has 0 bridgehead atoms. The van der Waals surface area contributed by atoms with Crippen molar-refractivity contribution in [1.82, 2.24) is 0 Å². The number of carbonyl (C=O) groups excluding carboxylic acids is 4. The van der Waals surface area contributed by atoms with Crippen molar-refractivity contribution in [3.63, 3.8) is 0 Å². The molecule has 0 radical (unpaired) electrons. The van der Waals surface area contributed by atoms with Gasteiger partial charge in [0, 0.05) is 0 Å². The van der Waals surface area contributed by atoms with Gasteiger partial charge in [0.2, 0.25) is 0 Å². The Morgan fingerprint density at radius 2 is 0.917 bits per heavy atom. The zero-order chi connectivity index (χ0) is 28.4. The topological polar surface area (TPSA) is 114 Å². The Bertz CT molecular complexity index is 824. The van der Waals surface area contributed by atoms with Crippen LogP contribution in [0.25, 0.3) is 0 Å². The van der Waals surface area contributed by atoms with Gasteiger partial charge in [0.15, 0.2) is 23.3 Å². The van der Waals surface area contributed by atoms with Gasteiger partial charge in [-0.05, 0) is 83.1 Å². The van der Waals surface area contributed by atoms with E-state index in [9.17, 15) is 19.2 Å². The molecule has 1 saturated heterocycles. The molecule has 36 heavy (non-hydrogen) atoms. The van der Waals surface area contributed by atoms with Gasteiger partial charge in [-0.2, -0.15) is 0 Å². The number of alkyl halides is 1. The molecule has 0 aromatic heterocycles. The van der Waals surface area contributed by atoms with Gasteiger partial charge in [-0.1, -0.05) is 15.9 Å². The van der Waals surface area contributed by atoms with Crippen LogP contribution in [0, 0.1) is 21.7 Å². The first-order chi connectivity index (χ1) is 16.0. The molecule has 0 aromatic rings. The lowest BCUT2D eigenvalue weighted by molar-refractivity contribution is -0.245. The van der Waals surface area contributed by atoms with E-state index in [4.69, 9.17) is 23.7 Å². The van der Waals surface area contributed by atoms with Crippen LogP contribution < -0.4 is 0 Å². The highest BCUT2D eigenvalue weighted by molar-refractivity contribution is 9.09. The number of hydrogen-bond acceptors (Lipinski definition) is 9. The zero-order valence-corrected chi connectivity index (χ0v) is 25.2. The highest BCUT2D eigenvalue weighted by Gasteiger charge is 2.53. The number of carbonyl (C=O) groups is 4. The third kappa shape index (κ3) is 9.01. The molecule has 0 aromatic carbocycles. The smallest absolute Gasteiger partial charge is 0.311 e. The average molecular weight is 580 g/mol. The fraction of sp³-hybridized carbons (Fsp3) is 0.846. The maximum absolute atomic E-state index is 13.0. The number of halogens is 1. The van der Waals surface area contributed by atoms with Gasteiger partial charge in [-0.15, -0.1) is 0 Å². The zero-order valence-electron chi connectivity index (χ0n) is 23.6. The van der Waals surface area contributed by atoms with Crippen molar-refractivity contribution in [2.24, 2.45) is 21.7 Å². The molecule has 0 saturated carbocycles. The van der Waals surface area contributed by atoms with Gasteiger partial charge in [0.05, 0.1) is 21.7 Å². The third-order valence-electron chi connectivity index (χ3n) is 5.13. The summed E-state index contributed by atoms with van der Waals surface area (Å²) in [4.78, 5) is 51.1. The Balaban J connectivity index is 3.50. The van der Waals surface area contributed by atoms with Crippen molar-refractivity contribution in [2.75, 3.05) is 6.61 Å². The number of ether oxygens (including phenoxy) is 5. The molecular weight excluding hydrogens is 536 g/mol. The molecule has 0 spiro atoms. The molecule has 5 atom stereocenters. The summed E-state index contributed by atoms with van der Waals surface area (Å²) in [5.41, 5.74) is -3.43. The van der Waals surface area contributed by atoms with E-state index in [2.05, 4.69) is 15.9 Å². The van der Waals surface area contributed by atoms with Gasteiger partial charge in [0.1, 0.15) is 12.7 Å². The first-order valence-electron chi connectivity index (χ1n) is 12.1. The van der Waals surface area contributed by atoms with Gasteiger partial charge in [-0.25, -0.2) is 0 Å². The molecule has 9 nitrogen and oxygen atoms in total. The van der Waals surface area contributed by atoms with E-state index in [-0.39, 0.29) is 6.61 Å². The lowest BCUT2D eigenvalue weighted by Gasteiger charge is -2.44. The molecular formula is C26H43BrO9. The van der Waals surface area contributed by atoms with Crippen LogP contribution in [0.2, 0.25) is 0 Å². The summed E-state index contributed by atoms with van der Waals surface area (Å²) in [6, 6.07) is 0. The van der Waals surface area contributed by atoms with Gasteiger partial charge in [-0.3, -0.25) is 19.2 Å². The summed E-state index contributed by atoms with van der Waals surface area (Å²) in [6.07, 6.45) is -4.60. The molecule has 1 aliphatic heterocycles. The van der Waals surface area contributed by atoms with E-state index in [1.165, 1.54) is 0 Å². The van der Waals surface area contributed by atoms with E-state index < -0.39 is 75.0 Å². The Labute approximate surface area is 223 Å². The Morgan fingerprint density at radius 1 is 0.583 bits per heavy atom. The van der Waals surface area contributed by atoms with Crippen LogP contribution in [-0.2, 0) is 42.9 Å². The fourth-order valence-electron chi connectivity index (χ4n) is 2.68. The largest absolute Gasteiger partial charge is 0.462 e. The first kappa shape index (κ1) is 32.3. The van der Waals surface area contributed by atoms with E-state index >= 15 is 0 Å². The highest BCUT2D eigenvalue weighted by Crippen LogP contribution is 2.35. The Hall–Kier alpha value is -1.68. The Morgan fingerprint density at radius 3 is 1.28 bits per heavy atom. The van der Waals surface area contributed by atoms with Crippen LogP contribution in [0.5, 0.6) is 0 Å². The van der Waals surface area contributed by atoms with Crippen LogP contribution in [0.15, 0.2) is 0 Å². The summed E-state index contributed by atoms with van der Waals surface area (Å²) < 4.78 is 28.8. The second-order valence-electron chi connectivity index (χ2n) is 13.2. The van der Waals surface area contributed by atoms with Crippen LogP contribution in [0.1, 0.15) is 83.1 Å². The minimum atomic E-state index is -1.23. The van der Waals surface area contributed by atoms with Gasteiger partial charge >= 0.3 is 23.9 Å². The first-order valence-corrected chi connectivity index (χ1v) is 13.0. The van der Waals surface area contributed by atoms with Crippen molar-refractivity contribution in [1.29, 1.82) is 0 Å². The number of esters is 4. The molecule has 0 amide bonds. The second-order valence-corrected chi connectivity index (χ2v) is 14.1. The summed E-state index contributed by atoms with van der Waals surface area (Å²) in [5, 5.41) is -0.940. The molecule has 1 fully saturated rings. The maximum atomic E-state index is 13.0. The monoisotopic (exact) mass is 578 g/mol. The second kappa shape index (κ2) is 11.4. The third-order valence-corrected chi connectivity index (χ3v) is 5.87. The number of rotatable bonds is 5. The molecule has 208 valence electrons. The maximum Gasteiger partial charge on any atom is 0.311 e. The summed E-state index contributed by atoms with van der Waals surface area (Å²) in [6.45, 7) is 19.9. The molecule has 0 N–H and O–H groups in total. The lowest BCUT2D eigenvalue weighted by atomic mass is 9.93. The standard InChI is InChI=1S/C26H43BrO9/c1-23(2,3)19(28)32-13-14-15(34-20(29)24(4,5)6)16(35-21(30)25(7,8)9)17(18(27)33-14)36-22(31)26(10,11)12/h14-18H,13H2,1-12H3/t14?,15-,16?,17?,18-/m0/s1. The SMILES string of the molecule is CC(C)(C)C(=O)OCC1O[C@H](Br)C(OC(=O)C(C)(C)C)C(OC(=O)C(C)(C)C)[C@H]1OC(=O)C(C)(C)C. The van der Waals surface area contributed by atoms with Crippen molar-refractivity contribution < 1.29 is 42.9 Å². The fourth-order valence-corrected chi connectivity index (χ4v) is 3.36. The molecule has 1 aliphatic rings. The van der Waals surface area contributed by atoms with Gasteiger partial charge in [0.25, 0.3) is 0 Å². The van der Waals surface area contributed by atoms with Crippen molar-refractivity contribution in [3.05, 3.63) is 0 Å². The molecule has 3 unspecified atom stereocenters. The van der Waals surface area contributed by atoms with E-state index in [0.717, 1.165) is 0 Å². The highest BCUT2D eigenvalue weighted by atomic mass is 79.9. The minimum Gasteiger partial charge on any atom is -0.462 e. The summed E-state index contributed by atoms with van der Waals surface area (Å²) >= 11 is 3.38. The number of hydrogen-bond donors (Lipinski definition) is 0. The van der Waals surface area contributed by atoms with Crippen molar-refractivity contribution >= 4 is 39.8 Å². The average Bonchev–Trinajstić information content (AvgIpc) is 2.67. The minimum absolute atomic E-state index is 0.274. The normalized spacial score (nSPS) is 25.5. The summed E-state index contributed by atoms with van der Waals surface area (Å²) in [5.74, 6) is -2.22. The van der Waals surface area contributed by atoms with E-state index in [1.54, 1.807) is 83.1 Å². The van der Waals surface area contributed by atoms with E-state index in [0.29, 0.717) is 0 Å². The molecule has 10 heteroatoms. The van der Waals surface area contributed by atoms with Crippen molar-refractivity contribution in [2.45, 2.75) is 113 Å². The lowest BCUT2D eigenvalue weighted by Crippen LogP contribution is -2.62. The van der Waals surface area contributed by atoms with Gasteiger partial charge < -0.3 is 23.7 Å². The molecule has 1 rings (SSSR count). The van der Waals surface area contributed by atoms with Crippen LogP contribution in [-0.4, -0.2) is 59.9 Å². The molecule has 0 aliphatic carbocycles. The van der Waals surface area contributed by atoms with Crippen LogP contribution in [0.3, 0.4) is 0 Å². The van der Waals surface area contributed by atoms with Crippen LogP contribution >= 0.6 is 15.9 Å². The van der Waals surface area contributed by atoms with Crippen molar-refractivity contribution in [3.8, 4) is 0 Å². The molecule has 1 heterocycles. The van der Waals surface area contributed by atoms with E-state index in [1.807, 2.05) is 0 Å². The predicted molar refractivity (Wildman–Crippen MR) is 136 cm³/mol. The quantitative estimate of drug-likeness (QED) is 0.263. The van der Waals surface area contributed by atoms with Crippen LogP contribution in [0.4, 0.5) is 0 Å².